The quantitative estimate of drug-likeness (QED) is 0.925. The van der Waals surface area contributed by atoms with E-state index in [4.69, 9.17) is 5.73 Å². The number of nitrogens with two attached hydrogens (primary N) is 1. The third kappa shape index (κ3) is 2.11. The zero-order chi connectivity index (χ0) is 13.5. The summed E-state index contributed by atoms with van der Waals surface area (Å²) in [6, 6.07) is 10.9. The largest absolute Gasteiger partial charge is 0.391 e. The molecule has 4 nitrogen and oxygen atoms in total. The first-order valence-electron chi connectivity index (χ1n) is 6.05. The number of fused-ring (bicyclic) bond motifs is 1. The maximum atomic E-state index is 12.6. The Hall–Kier alpha value is -1.53. The van der Waals surface area contributed by atoms with Gasteiger partial charge in [-0.25, -0.2) is 8.42 Å². The molecule has 1 aromatic heterocycles. The third-order valence-corrected chi connectivity index (χ3v) is 6.41. The van der Waals surface area contributed by atoms with Crippen molar-refractivity contribution in [1.29, 1.82) is 0 Å². The van der Waals surface area contributed by atoms with Crippen LogP contribution < -0.4 is 10.0 Å². The molecule has 0 saturated carbocycles. The minimum atomic E-state index is -3.48. The average molecular weight is 294 g/mol. The van der Waals surface area contributed by atoms with Crippen molar-refractivity contribution in [1.82, 2.24) is 0 Å². The van der Waals surface area contributed by atoms with Crippen molar-refractivity contribution in [3.8, 4) is 0 Å². The summed E-state index contributed by atoms with van der Waals surface area (Å²) in [5.74, 6) is 0. The molecule has 2 N–H and O–H groups in total. The summed E-state index contributed by atoms with van der Waals surface area (Å²) in [4.78, 5) is 0. The van der Waals surface area contributed by atoms with Crippen LogP contribution >= 0.6 is 11.3 Å². The molecule has 2 heterocycles. The molecule has 0 aliphatic carbocycles. The molecule has 3 rings (SSSR count). The Morgan fingerprint density at radius 2 is 1.95 bits per heavy atom. The first-order valence-corrected chi connectivity index (χ1v) is 8.30. The second-order valence-electron chi connectivity index (χ2n) is 4.47. The second-order valence-corrected chi connectivity index (χ2v) is 7.67. The van der Waals surface area contributed by atoms with Crippen LogP contribution in [0.1, 0.15) is 12.0 Å². The summed E-state index contributed by atoms with van der Waals surface area (Å²) in [5.41, 5.74) is 7.51. The van der Waals surface area contributed by atoms with E-state index in [-0.39, 0.29) is 0 Å². The van der Waals surface area contributed by atoms with E-state index in [1.54, 1.807) is 12.1 Å². The Morgan fingerprint density at radius 1 is 1.16 bits per heavy atom. The normalized spacial score (nSPS) is 15.3. The molecule has 1 aliphatic heterocycles. The van der Waals surface area contributed by atoms with Gasteiger partial charge in [-0.05, 0) is 36.6 Å². The number of anilines is 2. The fraction of sp³-hybridized carbons (Fsp3) is 0.231. The lowest BCUT2D eigenvalue weighted by atomic mass is 10.0. The van der Waals surface area contributed by atoms with Crippen molar-refractivity contribution in [2.24, 2.45) is 0 Å². The Balaban J connectivity index is 2.08. The van der Waals surface area contributed by atoms with Gasteiger partial charge in [-0.3, -0.25) is 4.31 Å². The van der Waals surface area contributed by atoms with Crippen LogP contribution in [0.4, 0.5) is 10.7 Å². The lowest BCUT2D eigenvalue weighted by Gasteiger charge is -2.29. The molecule has 0 fully saturated rings. The van der Waals surface area contributed by atoms with E-state index in [0.717, 1.165) is 35.4 Å². The lowest BCUT2D eigenvalue weighted by Crippen LogP contribution is -2.35. The number of hydrogen-bond acceptors (Lipinski definition) is 4. The summed E-state index contributed by atoms with van der Waals surface area (Å²) in [5, 5.41) is 0.517. The molecule has 1 aromatic carbocycles. The average Bonchev–Trinajstić information content (AvgIpc) is 2.85. The molecule has 19 heavy (non-hydrogen) atoms. The number of para-hydroxylation sites is 1. The number of rotatable bonds is 2. The fourth-order valence-electron chi connectivity index (χ4n) is 2.33. The van der Waals surface area contributed by atoms with Crippen LogP contribution in [-0.4, -0.2) is 15.0 Å². The van der Waals surface area contributed by atoms with Crippen molar-refractivity contribution in [2.75, 3.05) is 16.6 Å². The molecule has 1 aliphatic rings. The molecule has 0 saturated heterocycles. The molecule has 0 atom stereocenters. The molecule has 0 bridgehead atoms. The minimum absolute atomic E-state index is 0.307. The number of nitrogens with zero attached hydrogens (tertiary/aromatic N) is 1. The molecule has 0 amide bonds. The van der Waals surface area contributed by atoms with E-state index < -0.39 is 10.0 Å². The predicted molar refractivity (Wildman–Crippen MR) is 78.0 cm³/mol. The smallest absolute Gasteiger partial charge is 0.273 e. The van der Waals surface area contributed by atoms with Gasteiger partial charge in [0, 0.05) is 6.54 Å². The van der Waals surface area contributed by atoms with Crippen molar-refractivity contribution < 1.29 is 8.42 Å². The molecule has 100 valence electrons. The summed E-state index contributed by atoms with van der Waals surface area (Å²) in [7, 11) is -3.48. The zero-order valence-corrected chi connectivity index (χ0v) is 11.9. The summed E-state index contributed by atoms with van der Waals surface area (Å²) in [6.07, 6.45) is 1.77. The van der Waals surface area contributed by atoms with E-state index in [0.29, 0.717) is 15.8 Å². The number of aryl methyl sites for hydroxylation is 1. The Morgan fingerprint density at radius 3 is 2.68 bits per heavy atom. The highest BCUT2D eigenvalue weighted by molar-refractivity contribution is 7.94. The van der Waals surface area contributed by atoms with Crippen LogP contribution in [-0.2, 0) is 16.4 Å². The summed E-state index contributed by atoms with van der Waals surface area (Å²) in [6.45, 7) is 0.525. The van der Waals surface area contributed by atoms with Crippen LogP contribution in [0.3, 0.4) is 0 Å². The molecule has 2 aromatic rings. The topological polar surface area (TPSA) is 63.4 Å². The Bertz CT molecular complexity index is 707. The van der Waals surface area contributed by atoms with Gasteiger partial charge >= 0.3 is 0 Å². The van der Waals surface area contributed by atoms with Gasteiger partial charge in [0.05, 0.1) is 10.7 Å². The van der Waals surface area contributed by atoms with E-state index in [9.17, 15) is 8.42 Å². The van der Waals surface area contributed by atoms with Gasteiger partial charge in [0.15, 0.2) is 0 Å². The van der Waals surface area contributed by atoms with Gasteiger partial charge in [-0.15, -0.1) is 11.3 Å². The number of hydrogen-bond donors (Lipinski definition) is 1. The van der Waals surface area contributed by atoms with Gasteiger partial charge in [0.1, 0.15) is 4.21 Å². The number of sulfonamides is 1. The van der Waals surface area contributed by atoms with Gasteiger partial charge in [-0.1, -0.05) is 18.2 Å². The van der Waals surface area contributed by atoms with Crippen LogP contribution in [0.5, 0.6) is 0 Å². The highest BCUT2D eigenvalue weighted by Gasteiger charge is 2.29. The zero-order valence-electron chi connectivity index (χ0n) is 10.2. The SMILES string of the molecule is Nc1ccc(S(=O)(=O)N2CCCc3ccccc32)s1. The van der Waals surface area contributed by atoms with Gasteiger partial charge in [-0.2, -0.15) is 0 Å². The molecular weight excluding hydrogens is 280 g/mol. The van der Waals surface area contributed by atoms with Crippen LogP contribution in [0.2, 0.25) is 0 Å². The summed E-state index contributed by atoms with van der Waals surface area (Å²) < 4.78 is 27.1. The van der Waals surface area contributed by atoms with Crippen LogP contribution in [0.25, 0.3) is 0 Å². The molecule has 6 heteroatoms. The van der Waals surface area contributed by atoms with E-state index in [1.165, 1.54) is 4.31 Å². The van der Waals surface area contributed by atoms with Gasteiger partial charge in [0.2, 0.25) is 0 Å². The highest BCUT2D eigenvalue weighted by Crippen LogP contribution is 2.34. The van der Waals surface area contributed by atoms with Crippen molar-refractivity contribution in [3.63, 3.8) is 0 Å². The fourth-order valence-corrected chi connectivity index (χ4v) is 5.08. The Labute approximate surface area is 116 Å². The van der Waals surface area contributed by atoms with E-state index in [1.807, 2.05) is 24.3 Å². The van der Waals surface area contributed by atoms with Crippen molar-refractivity contribution in [3.05, 3.63) is 42.0 Å². The first kappa shape index (κ1) is 12.5. The second kappa shape index (κ2) is 4.54. The van der Waals surface area contributed by atoms with Gasteiger partial charge < -0.3 is 5.73 Å². The number of benzene rings is 1. The van der Waals surface area contributed by atoms with Crippen molar-refractivity contribution in [2.45, 2.75) is 17.1 Å². The van der Waals surface area contributed by atoms with Crippen LogP contribution in [0.15, 0.2) is 40.6 Å². The number of nitrogen functional groups attached to an aromatic ring is 1. The minimum Gasteiger partial charge on any atom is -0.391 e. The van der Waals surface area contributed by atoms with E-state index in [2.05, 4.69) is 0 Å². The highest BCUT2D eigenvalue weighted by atomic mass is 32.2. The third-order valence-electron chi connectivity index (χ3n) is 3.21. The maximum absolute atomic E-state index is 12.6. The maximum Gasteiger partial charge on any atom is 0.273 e. The number of thiophene rings is 1. The first-order chi connectivity index (χ1) is 9.09. The Kier molecular flexibility index (Phi) is 2.99. The molecule has 0 spiro atoms. The van der Waals surface area contributed by atoms with Gasteiger partial charge in [0.25, 0.3) is 10.0 Å². The standard InChI is InChI=1S/C13H14N2O2S2/c14-12-7-8-13(18-12)19(16,17)15-9-3-5-10-4-1-2-6-11(10)15/h1-2,4,6-8H,3,5,9,14H2. The molecule has 0 radical (unpaired) electrons. The molecular formula is C13H14N2O2S2. The van der Waals surface area contributed by atoms with Crippen molar-refractivity contribution >= 4 is 32.0 Å². The molecule has 0 unspecified atom stereocenters. The van der Waals surface area contributed by atoms with Crippen LogP contribution in [0, 0.1) is 0 Å². The monoisotopic (exact) mass is 294 g/mol. The van der Waals surface area contributed by atoms with E-state index >= 15 is 0 Å². The lowest BCUT2D eigenvalue weighted by molar-refractivity contribution is 0.588. The summed E-state index contributed by atoms with van der Waals surface area (Å²) >= 11 is 1.11. The predicted octanol–water partition coefficient (Wildman–Crippen LogP) is 2.47.